The summed E-state index contributed by atoms with van der Waals surface area (Å²) in [4.78, 5) is 25.3. The second-order valence-corrected chi connectivity index (χ2v) is 5.57. The molecule has 0 aliphatic heterocycles. The van der Waals surface area contributed by atoms with Crippen molar-refractivity contribution in [2.24, 2.45) is 5.92 Å². The molecule has 4 heteroatoms. The second kappa shape index (κ2) is 8.48. The standard InChI is InChI=1S/C16H24N2O2/c1-13(2)10-17-16(20)12-18(3)11-15(19)9-14-7-5-4-6-8-14/h4-8,13H,9-12H2,1-3H3,(H,17,20). The number of hydrogen-bond acceptors (Lipinski definition) is 3. The smallest absolute Gasteiger partial charge is 0.234 e. The van der Waals surface area contributed by atoms with Gasteiger partial charge in [-0.1, -0.05) is 44.2 Å². The fraction of sp³-hybridized carbons (Fsp3) is 0.500. The van der Waals surface area contributed by atoms with E-state index in [0.717, 1.165) is 5.56 Å². The van der Waals surface area contributed by atoms with Gasteiger partial charge in [0.05, 0.1) is 13.1 Å². The highest BCUT2D eigenvalue weighted by Crippen LogP contribution is 2.00. The summed E-state index contributed by atoms with van der Waals surface area (Å²) in [7, 11) is 1.79. The first kappa shape index (κ1) is 16.4. The maximum atomic E-state index is 11.9. The number of hydrogen-bond donors (Lipinski definition) is 1. The van der Waals surface area contributed by atoms with Crippen molar-refractivity contribution in [1.82, 2.24) is 10.2 Å². The summed E-state index contributed by atoms with van der Waals surface area (Å²) in [5.74, 6) is 0.521. The molecule has 20 heavy (non-hydrogen) atoms. The quantitative estimate of drug-likeness (QED) is 0.783. The first-order valence-corrected chi connectivity index (χ1v) is 6.98. The molecule has 1 N–H and O–H groups in total. The van der Waals surface area contributed by atoms with Crippen LogP contribution < -0.4 is 5.32 Å². The lowest BCUT2D eigenvalue weighted by Gasteiger charge is -2.16. The highest BCUT2D eigenvalue weighted by Gasteiger charge is 2.11. The molecule has 0 unspecified atom stereocenters. The van der Waals surface area contributed by atoms with Crippen LogP contribution in [0, 0.1) is 5.92 Å². The number of benzene rings is 1. The van der Waals surface area contributed by atoms with Crippen LogP contribution in [0.5, 0.6) is 0 Å². The molecule has 1 aromatic rings. The van der Waals surface area contributed by atoms with Crippen LogP contribution in [-0.2, 0) is 16.0 Å². The van der Waals surface area contributed by atoms with Gasteiger partial charge >= 0.3 is 0 Å². The van der Waals surface area contributed by atoms with Crippen molar-refractivity contribution in [3.05, 3.63) is 35.9 Å². The van der Waals surface area contributed by atoms with Crippen molar-refractivity contribution in [3.63, 3.8) is 0 Å². The van der Waals surface area contributed by atoms with Crippen LogP contribution in [0.1, 0.15) is 19.4 Å². The van der Waals surface area contributed by atoms with E-state index < -0.39 is 0 Å². The SMILES string of the molecule is CC(C)CNC(=O)CN(C)CC(=O)Cc1ccccc1. The number of rotatable bonds is 8. The Morgan fingerprint density at radius 1 is 1.15 bits per heavy atom. The average Bonchev–Trinajstić information content (AvgIpc) is 2.37. The molecular formula is C16H24N2O2. The lowest BCUT2D eigenvalue weighted by molar-refractivity contribution is -0.123. The molecule has 0 heterocycles. The molecule has 0 aromatic heterocycles. The maximum absolute atomic E-state index is 11.9. The van der Waals surface area contributed by atoms with E-state index in [1.807, 2.05) is 44.2 Å². The number of carbonyl (C=O) groups is 2. The maximum Gasteiger partial charge on any atom is 0.234 e. The zero-order valence-corrected chi connectivity index (χ0v) is 12.6. The molecule has 110 valence electrons. The minimum Gasteiger partial charge on any atom is -0.355 e. The van der Waals surface area contributed by atoms with E-state index in [1.54, 1.807) is 11.9 Å². The van der Waals surface area contributed by atoms with Gasteiger partial charge in [-0.25, -0.2) is 0 Å². The lowest BCUT2D eigenvalue weighted by atomic mass is 10.1. The first-order valence-electron chi connectivity index (χ1n) is 6.98. The van der Waals surface area contributed by atoms with Gasteiger partial charge in [-0.2, -0.15) is 0 Å². The summed E-state index contributed by atoms with van der Waals surface area (Å²) < 4.78 is 0. The van der Waals surface area contributed by atoms with Gasteiger partial charge in [-0.05, 0) is 18.5 Å². The summed E-state index contributed by atoms with van der Waals surface area (Å²) >= 11 is 0. The number of Topliss-reactive ketones (excluding diaryl/α,β-unsaturated/α-hetero) is 1. The molecule has 0 saturated carbocycles. The largest absolute Gasteiger partial charge is 0.355 e. The molecule has 1 rings (SSSR count). The molecule has 0 bridgehead atoms. The van der Waals surface area contributed by atoms with Gasteiger partial charge in [0, 0.05) is 13.0 Å². The monoisotopic (exact) mass is 276 g/mol. The van der Waals surface area contributed by atoms with E-state index in [2.05, 4.69) is 5.32 Å². The van der Waals surface area contributed by atoms with E-state index in [9.17, 15) is 9.59 Å². The van der Waals surface area contributed by atoms with Crippen molar-refractivity contribution in [3.8, 4) is 0 Å². The Kier molecular flexibility index (Phi) is 6.94. The van der Waals surface area contributed by atoms with Crippen LogP contribution in [-0.4, -0.2) is 43.3 Å². The van der Waals surface area contributed by atoms with E-state index >= 15 is 0 Å². The molecule has 0 aliphatic rings. The predicted molar refractivity (Wildman–Crippen MR) is 80.5 cm³/mol. The van der Waals surface area contributed by atoms with Crippen molar-refractivity contribution in [1.29, 1.82) is 0 Å². The number of ketones is 1. The van der Waals surface area contributed by atoms with Crippen LogP contribution >= 0.6 is 0 Å². The fourth-order valence-corrected chi connectivity index (χ4v) is 1.86. The summed E-state index contributed by atoms with van der Waals surface area (Å²) in [5, 5.41) is 2.84. The van der Waals surface area contributed by atoms with Gasteiger partial charge in [0.15, 0.2) is 5.78 Å². The number of amides is 1. The van der Waals surface area contributed by atoms with Gasteiger partial charge in [-0.3, -0.25) is 14.5 Å². The summed E-state index contributed by atoms with van der Waals surface area (Å²) in [5.41, 5.74) is 1.01. The molecular weight excluding hydrogens is 252 g/mol. The average molecular weight is 276 g/mol. The molecule has 4 nitrogen and oxygen atoms in total. The minimum atomic E-state index is -0.0336. The molecule has 0 fully saturated rings. The Balaban J connectivity index is 2.29. The lowest BCUT2D eigenvalue weighted by Crippen LogP contribution is -2.39. The number of likely N-dealkylation sites (N-methyl/N-ethyl adjacent to an activating group) is 1. The zero-order valence-electron chi connectivity index (χ0n) is 12.6. The molecule has 1 amide bonds. The van der Waals surface area contributed by atoms with Crippen molar-refractivity contribution in [2.75, 3.05) is 26.7 Å². The molecule has 0 atom stereocenters. The number of carbonyl (C=O) groups excluding carboxylic acids is 2. The number of nitrogens with zero attached hydrogens (tertiary/aromatic N) is 1. The van der Waals surface area contributed by atoms with Crippen molar-refractivity contribution < 1.29 is 9.59 Å². The Hall–Kier alpha value is -1.68. The topological polar surface area (TPSA) is 49.4 Å². The van der Waals surface area contributed by atoms with E-state index in [1.165, 1.54) is 0 Å². The summed E-state index contributed by atoms with van der Waals surface area (Å²) in [6.45, 7) is 5.32. The third-order valence-electron chi connectivity index (χ3n) is 2.81. The normalized spacial score (nSPS) is 10.8. The molecule has 0 spiro atoms. The number of nitrogens with one attached hydrogen (secondary N) is 1. The van der Waals surface area contributed by atoms with Crippen LogP contribution in [0.4, 0.5) is 0 Å². The van der Waals surface area contributed by atoms with Gasteiger partial charge < -0.3 is 5.32 Å². The van der Waals surface area contributed by atoms with E-state index in [-0.39, 0.29) is 18.2 Å². The van der Waals surface area contributed by atoms with Crippen LogP contribution in [0.25, 0.3) is 0 Å². The van der Waals surface area contributed by atoms with E-state index in [0.29, 0.717) is 25.4 Å². The third kappa shape index (κ3) is 7.04. The predicted octanol–water partition coefficient (Wildman–Crippen LogP) is 1.50. The highest BCUT2D eigenvalue weighted by molar-refractivity contribution is 5.84. The van der Waals surface area contributed by atoms with Crippen molar-refractivity contribution >= 4 is 11.7 Å². The van der Waals surface area contributed by atoms with Crippen molar-refractivity contribution in [2.45, 2.75) is 20.3 Å². The Labute approximate surface area is 121 Å². The molecule has 0 radical (unpaired) electrons. The first-order chi connectivity index (χ1) is 9.47. The van der Waals surface area contributed by atoms with E-state index in [4.69, 9.17) is 0 Å². The molecule has 1 aromatic carbocycles. The molecule has 0 aliphatic carbocycles. The van der Waals surface area contributed by atoms with Crippen LogP contribution in [0.2, 0.25) is 0 Å². The Morgan fingerprint density at radius 2 is 1.80 bits per heavy atom. The van der Waals surface area contributed by atoms with Crippen LogP contribution in [0.3, 0.4) is 0 Å². The molecule has 0 saturated heterocycles. The minimum absolute atomic E-state index is 0.0336. The highest BCUT2D eigenvalue weighted by atomic mass is 16.2. The fourth-order valence-electron chi connectivity index (χ4n) is 1.86. The third-order valence-corrected chi connectivity index (χ3v) is 2.81. The zero-order chi connectivity index (χ0) is 15.0. The summed E-state index contributed by atoms with van der Waals surface area (Å²) in [6, 6.07) is 9.65. The Morgan fingerprint density at radius 3 is 2.40 bits per heavy atom. The van der Waals surface area contributed by atoms with Gasteiger partial charge in [0.2, 0.25) is 5.91 Å². The van der Waals surface area contributed by atoms with Gasteiger partial charge in [0.1, 0.15) is 0 Å². The van der Waals surface area contributed by atoms with Gasteiger partial charge in [-0.15, -0.1) is 0 Å². The Bertz CT molecular complexity index is 429. The summed E-state index contributed by atoms with van der Waals surface area (Å²) in [6.07, 6.45) is 0.415. The van der Waals surface area contributed by atoms with Crippen LogP contribution in [0.15, 0.2) is 30.3 Å². The van der Waals surface area contributed by atoms with Gasteiger partial charge in [0.25, 0.3) is 0 Å². The second-order valence-electron chi connectivity index (χ2n) is 5.57.